The smallest absolute Gasteiger partial charge is 0.334 e. The molecule has 1 atom stereocenters. The highest BCUT2D eigenvalue weighted by Gasteiger charge is 2.30. The molecule has 0 aliphatic carbocycles. The molecule has 0 amide bonds. The van der Waals surface area contributed by atoms with Gasteiger partial charge in [-0.15, -0.1) is 0 Å². The van der Waals surface area contributed by atoms with Crippen LogP contribution in [0, 0.1) is 0 Å². The van der Waals surface area contributed by atoms with E-state index in [4.69, 9.17) is 4.52 Å². The zero-order valence-electron chi connectivity index (χ0n) is 21.4. The first kappa shape index (κ1) is 27.9. The van der Waals surface area contributed by atoms with E-state index in [-0.39, 0.29) is 6.04 Å². The summed E-state index contributed by atoms with van der Waals surface area (Å²) in [5, 5.41) is 7.48. The number of unbranched alkanes of at least 4 members (excludes halogenated alkanes) is 8. The highest BCUT2D eigenvalue weighted by atomic mass is 19.4. The Hall–Kier alpha value is -2.67. The molecule has 0 bridgehead atoms. The van der Waals surface area contributed by atoms with E-state index in [1.54, 1.807) is 0 Å². The van der Waals surface area contributed by atoms with Crippen LogP contribution in [-0.4, -0.2) is 10.1 Å². The van der Waals surface area contributed by atoms with E-state index in [1.807, 2.05) is 31.2 Å². The largest absolute Gasteiger partial charge is 0.416 e. The van der Waals surface area contributed by atoms with Gasteiger partial charge in [-0.2, -0.15) is 18.2 Å². The van der Waals surface area contributed by atoms with E-state index in [2.05, 4.69) is 22.4 Å². The first-order valence-corrected chi connectivity index (χ1v) is 13.2. The van der Waals surface area contributed by atoms with Crippen molar-refractivity contribution in [3.05, 3.63) is 71.0 Å². The molecule has 0 aliphatic heterocycles. The Bertz CT molecular complexity index is 1010. The predicted octanol–water partition coefficient (Wildman–Crippen LogP) is 8.68. The number of halogens is 3. The Morgan fingerprint density at radius 3 is 2.06 bits per heavy atom. The highest BCUT2D eigenvalue weighted by Crippen LogP contribution is 2.30. The summed E-state index contributed by atoms with van der Waals surface area (Å²) in [7, 11) is 0. The van der Waals surface area contributed by atoms with Gasteiger partial charge in [0.15, 0.2) is 5.82 Å². The average molecular weight is 502 g/mol. The lowest BCUT2D eigenvalue weighted by Crippen LogP contribution is -2.18. The monoisotopic (exact) mass is 501 g/mol. The molecule has 7 heteroatoms. The maximum atomic E-state index is 12.8. The maximum absolute atomic E-state index is 12.8. The summed E-state index contributed by atoms with van der Waals surface area (Å²) in [6, 6.07) is 13.1. The molecular weight excluding hydrogens is 463 g/mol. The lowest BCUT2D eigenvalue weighted by atomic mass is 10.1. The van der Waals surface area contributed by atoms with Crippen LogP contribution in [-0.2, 0) is 19.1 Å². The van der Waals surface area contributed by atoms with Crippen LogP contribution < -0.4 is 5.32 Å². The number of alkyl halides is 3. The number of hydrogen-bond acceptors (Lipinski definition) is 4. The Labute approximate surface area is 212 Å². The number of rotatable bonds is 15. The Morgan fingerprint density at radius 1 is 0.833 bits per heavy atom. The Kier molecular flexibility index (Phi) is 11.0. The second-order valence-corrected chi connectivity index (χ2v) is 9.51. The molecule has 3 rings (SSSR count). The fourth-order valence-corrected chi connectivity index (χ4v) is 4.18. The van der Waals surface area contributed by atoms with E-state index in [0.29, 0.717) is 12.4 Å². The standard InChI is InChI=1S/C29H38F3N3O/c1-3-4-5-6-7-8-9-10-11-12-27-34-28(36-35-27)25-15-13-23(14-16-25)21-33-22(2)24-17-19-26(20-18-24)29(30,31)32/h13-20,22,33H,3-12,21H2,1-2H3/t22-/m1/s1. The van der Waals surface area contributed by atoms with Gasteiger partial charge in [0.1, 0.15) is 0 Å². The zero-order valence-corrected chi connectivity index (χ0v) is 21.4. The minimum absolute atomic E-state index is 0.0773. The van der Waals surface area contributed by atoms with Gasteiger partial charge in [0.05, 0.1) is 5.56 Å². The van der Waals surface area contributed by atoms with Gasteiger partial charge >= 0.3 is 6.18 Å². The molecule has 0 unspecified atom stereocenters. The molecule has 196 valence electrons. The van der Waals surface area contributed by atoms with Crippen molar-refractivity contribution in [1.82, 2.24) is 15.5 Å². The molecule has 0 saturated heterocycles. The fourth-order valence-electron chi connectivity index (χ4n) is 4.18. The minimum atomic E-state index is -4.32. The third-order valence-electron chi connectivity index (χ3n) is 6.52. The quantitative estimate of drug-likeness (QED) is 0.212. The van der Waals surface area contributed by atoms with Gasteiger partial charge in [-0.3, -0.25) is 0 Å². The van der Waals surface area contributed by atoms with E-state index < -0.39 is 11.7 Å². The first-order valence-electron chi connectivity index (χ1n) is 13.2. The first-order chi connectivity index (χ1) is 17.4. The highest BCUT2D eigenvalue weighted by molar-refractivity contribution is 5.53. The van der Waals surface area contributed by atoms with Crippen molar-refractivity contribution in [1.29, 1.82) is 0 Å². The lowest BCUT2D eigenvalue weighted by Gasteiger charge is -2.15. The van der Waals surface area contributed by atoms with Crippen molar-refractivity contribution in [2.24, 2.45) is 0 Å². The lowest BCUT2D eigenvalue weighted by molar-refractivity contribution is -0.137. The molecule has 0 saturated carbocycles. The molecule has 36 heavy (non-hydrogen) atoms. The van der Waals surface area contributed by atoms with Crippen LogP contribution in [0.5, 0.6) is 0 Å². The average Bonchev–Trinajstić information content (AvgIpc) is 3.35. The van der Waals surface area contributed by atoms with Gasteiger partial charge in [-0.25, -0.2) is 0 Å². The predicted molar refractivity (Wildman–Crippen MR) is 137 cm³/mol. The van der Waals surface area contributed by atoms with E-state index >= 15 is 0 Å². The minimum Gasteiger partial charge on any atom is -0.334 e. The molecule has 0 spiro atoms. The molecule has 4 nitrogen and oxygen atoms in total. The van der Waals surface area contributed by atoms with Gasteiger partial charge in [0, 0.05) is 24.6 Å². The molecule has 1 aromatic heterocycles. The Balaban J connectivity index is 1.39. The van der Waals surface area contributed by atoms with Gasteiger partial charge in [0.25, 0.3) is 5.89 Å². The summed E-state index contributed by atoms with van der Waals surface area (Å²) in [6.07, 6.45) is 8.08. The summed E-state index contributed by atoms with van der Waals surface area (Å²) >= 11 is 0. The van der Waals surface area contributed by atoms with Crippen LogP contribution in [0.15, 0.2) is 53.1 Å². The summed E-state index contributed by atoms with van der Waals surface area (Å²) in [6.45, 7) is 4.77. The van der Waals surface area contributed by atoms with E-state index in [1.165, 1.54) is 63.5 Å². The van der Waals surface area contributed by atoms with Gasteiger partial charge in [0.2, 0.25) is 0 Å². The number of nitrogens with one attached hydrogen (secondary N) is 1. The van der Waals surface area contributed by atoms with Crippen LogP contribution in [0.1, 0.15) is 100 Å². The summed E-state index contributed by atoms with van der Waals surface area (Å²) in [5.41, 5.74) is 2.11. The van der Waals surface area contributed by atoms with Crippen molar-refractivity contribution < 1.29 is 17.7 Å². The fraction of sp³-hybridized carbons (Fsp3) is 0.517. The zero-order chi connectivity index (χ0) is 25.8. The second-order valence-electron chi connectivity index (χ2n) is 9.51. The van der Waals surface area contributed by atoms with Crippen molar-refractivity contribution in [3.8, 4) is 11.5 Å². The number of aryl methyl sites for hydroxylation is 1. The molecule has 1 N–H and O–H groups in total. The van der Waals surface area contributed by atoms with Crippen molar-refractivity contribution in [3.63, 3.8) is 0 Å². The molecule has 0 fully saturated rings. The molecule has 1 heterocycles. The number of nitrogens with zero attached hydrogens (tertiary/aromatic N) is 2. The molecule has 2 aromatic carbocycles. The van der Waals surface area contributed by atoms with E-state index in [9.17, 15) is 13.2 Å². The van der Waals surface area contributed by atoms with Crippen molar-refractivity contribution >= 4 is 0 Å². The van der Waals surface area contributed by atoms with Gasteiger partial charge in [-0.1, -0.05) is 87.7 Å². The van der Waals surface area contributed by atoms with Crippen LogP contribution >= 0.6 is 0 Å². The molecular formula is C29H38F3N3O. The third-order valence-corrected chi connectivity index (χ3v) is 6.52. The van der Waals surface area contributed by atoms with Crippen molar-refractivity contribution in [2.45, 2.75) is 96.8 Å². The SMILES string of the molecule is CCCCCCCCCCCc1noc(-c2ccc(CN[C@H](C)c3ccc(C(F)(F)F)cc3)cc2)n1. The Morgan fingerprint density at radius 2 is 1.44 bits per heavy atom. The molecule has 3 aromatic rings. The summed E-state index contributed by atoms with van der Waals surface area (Å²) in [5.74, 6) is 1.28. The van der Waals surface area contributed by atoms with Crippen LogP contribution in [0.3, 0.4) is 0 Å². The maximum Gasteiger partial charge on any atom is 0.416 e. The van der Waals surface area contributed by atoms with Crippen LogP contribution in [0.2, 0.25) is 0 Å². The van der Waals surface area contributed by atoms with E-state index in [0.717, 1.165) is 47.5 Å². The third kappa shape index (κ3) is 9.08. The van der Waals surface area contributed by atoms with Gasteiger partial charge in [-0.05, 0) is 48.7 Å². The molecule has 0 aliphatic rings. The number of benzene rings is 2. The normalized spacial score (nSPS) is 12.7. The molecule has 0 radical (unpaired) electrons. The summed E-state index contributed by atoms with van der Waals surface area (Å²) in [4.78, 5) is 4.54. The number of aromatic nitrogens is 2. The van der Waals surface area contributed by atoms with Crippen molar-refractivity contribution in [2.75, 3.05) is 0 Å². The second kappa shape index (κ2) is 14.2. The number of hydrogen-bond donors (Lipinski definition) is 1. The summed E-state index contributed by atoms with van der Waals surface area (Å²) < 4.78 is 43.7. The van der Waals surface area contributed by atoms with Crippen LogP contribution in [0.4, 0.5) is 13.2 Å². The van der Waals surface area contributed by atoms with Gasteiger partial charge < -0.3 is 9.84 Å². The van der Waals surface area contributed by atoms with Crippen LogP contribution in [0.25, 0.3) is 11.5 Å². The topological polar surface area (TPSA) is 51.0 Å².